The van der Waals surface area contributed by atoms with Gasteiger partial charge >= 0.3 is 12.1 Å². The van der Waals surface area contributed by atoms with Gasteiger partial charge in [-0.3, -0.25) is 0 Å². The number of alkyl halides is 3. The van der Waals surface area contributed by atoms with E-state index in [1.54, 1.807) is 0 Å². The first kappa shape index (κ1) is 12.4. The SMILES string of the molecule is COC(=O)c1ccc(OC)c(C(F)(F)F)c1. The maximum absolute atomic E-state index is 12.6. The zero-order valence-corrected chi connectivity index (χ0v) is 8.59. The van der Waals surface area contributed by atoms with Crippen LogP contribution in [-0.4, -0.2) is 20.2 Å². The lowest BCUT2D eigenvalue weighted by molar-refractivity contribution is -0.138. The highest BCUT2D eigenvalue weighted by Crippen LogP contribution is 2.36. The number of esters is 1. The highest BCUT2D eigenvalue weighted by atomic mass is 19.4. The summed E-state index contributed by atoms with van der Waals surface area (Å²) < 4.78 is 46.6. The second-order valence-corrected chi connectivity index (χ2v) is 2.90. The molecule has 0 unspecified atom stereocenters. The van der Waals surface area contributed by atoms with Crippen molar-refractivity contribution >= 4 is 5.97 Å². The Bertz CT molecular complexity index is 399. The average molecular weight is 234 g/mol. The van der Waals surface area contributed by atoms with Crippen LogP contribution in [0.2, 0.25) is 0 Å². The van der Waals surface area contributed by atoms with Gasteiger partial charge in [-0.2, -0.15) is 13.2 Å². The molecule has 3 nitrogen and oxygen atoms in total. The van der Waals surface area contributed by atoms with Gasteiger partial charge in [0.2, 0.25) is 0 Å². The van der Waals surface area contributed by atoms with Crippen LogP contribution in [0.25, 0.3) is 0 Å². The second kappa shape index (κ2) is 4.42. The molecule has 0 amide bonds. The van der Waals surface area contributed by atoms with Crippen molar-refractivity contribution in [2.24, 2.45) is 0 Å². The van der Waals surface area contributed by atoms with E-state index in [9.17, 15) is 18.0 Å². The lowest BCUT2D eigenvalue weighted by atomic mass is 10.1. The fraction of sp³-hybridized carbons (Fsp3) is 0.300. The smallest absolute Gasteiger partial charge is 0.419 e. The van der Waals surface area contributed by atoms with Gasteiger partial charge in [-0.05, 0) is 18.2 Å². The molecule has 16 heavy (non-hydrogen) atoms. The summed E-state index contributed by atoms with van der Waals surface area (Å²) >= 11 is 0. The third-order valence-corrected chi connectivity index (χ3v) is 1.93. The lowest BCUT2D eigenvalue weighted by Crippen LogP contribution is -2.10. The van der Waals surface area contributed by atoms with E-state index in [2.05, 4.69) is 9.47 Å². The molecular formula is C10H9F3O3. The highest BCUT2D eigenvalue weighted by molar-refractivity contribution is 5.89. The number of halogens is 3. The Morgan fingerprint density at radius 3 is 2.31 bits per heavy atom. The fourth-order valence-electron chi connectivity index (χ4n) is 1.17. The maximum atomic E-state index is 12.6. The minimum atomic E-state index is -4.57. The van der Waals surface area contributed by atoms with Crippen molar-refractivity contribution in [1.82, 2.24) is 0 Å². The summed E-state index contributed by atoms with van der Waals surface area (Å²) in [5.41, 5.74) is -1.17. The predicted molar refractivity (Wildman–Crippen MR) is 49.3 cm³/mol. The molecule has 0 fully saturated rings. The topological polar surface area (TPSA) is 35.5 Å². The first-order valence-corrected chi connectivity index (χ1v) is 4.23. The molecule has 0 saturated carbocycles. The van der Waals surface area contributed by atoms with Crippen LogP contribution in [0.15, 0.2) is 18.2 Å². The summed E-state index contributed by atoms with van der Waals surface area (Å²) in [5.74, 6) is -1.16. The lowest BCUT2D eigenvalue weighted by Gasteiger charge is -2.12. The zero-order valence-electron chi connectivity index (χ0n) is 8.59. The Morgan fingerprint density at radius 1 is 1.25 bits per heavy atom. The molecule has 0 spiro atoms. The van der Waals surface area contributed by atoms with Gasteiger partial charge in [-0.15, -0.1) is 0 Å². The largest absolute Gasteiger partial charge is 0.496 e. The van der Waals surface area contributed by atoms with Crippen molar-refractivity contribution in [2.45, 2.75) is 6.18 Å². The van der Waals surface area contributed by atoms with Gasteiger partial charge in [0, 0.05) is 0 Å². The van der Waals surface area contributed by atoms with E-state index >= 15 is 0 Å². The number of carbonyl (C=O) groups excluding carboxylic acids is 1. The fourth-order valence-corrected chi connectivity index (χ4v) is 1.17. The van der Waals surface area contributed by atoms with Gasteiger partial charge in [-0.1, -0.05) is 0 Å². The van der Waals surface area contributed by atoms with Crippen molar-refractivity contribution in [2.75, 3.05) is 14.2 Å². The van der Waals surface area contributed by atoms with E-state index in [0.717, 1.165) is 20.3 Å². The van der Waals surface area contributed by atoms with Crippen LogP contribution < -0.4 is 4.74 Å². The minimum absolute atomic E-state index is 0.171. The summed E-state index contributed by atoms with van der Waals surface area (Å²) in [7, 11) is 2.22. The zero-order chi connectivity index (χ0) is 12.3. The van der Waals surface area contributed by atoms with Crippen molar-refractivity contribution in [1.29, 1.82) is 0 Å². The van der Waals surface area contributed by atoms with Gasteiger partial charge in [0.1, 0.15) is 5.75 Å². The van der Waals surface area contributed by atoms with E-state index in [4.69, 9.17) is 0 Å². The van der Waals surface area contributed by atoms with Crippen molar-refractivity contribution in [3.63, 3.8) is 0 Å². The molecular weight excluding hydrogens is 225 g/mol. The van der Waals surface area contributed by atoms with Crippen molar-refractivity contribution < 1.29 is 27.4 Å². The summed E-state index contributed by atoms with van der Waals surface area (Å²) in [4.78, 5) is 11.1. The number of hydrogen-bond acceptors (Lipinski definition) is 3. The van der Waals surface area contributed by atoms with E-state index in [0.29, 0.717) is 6.07 Å². The van der Waals surface area contributed by atoms with Crippen LogP contribution in [0.1, 0.15) is 15.9 Å². The van der Waals surface area contributed by atoms with E-state index < -0.39 is 17.7 Å². The van der Waals surface area contributed by atoms with Gasteiger partial charge in [0.15, 0.2) is 0 Å². The molecule has 0 radical (unpaired) electrons. The summed E-state index contributed by atoms with van der Waals surface area (Å²) in [6, 6.07) is 2.99. The molecule has 0 aliphatic rings. The normalized spacial score (nSPS) is 11.1. The molecule has 1 rings (SSSR count). The summed E-state index contributed by atoms with van der Waals surface area (Å²) in [6.45, 7) is 0. The first-order chi connectivity index (χ1) is 7.40. The van der Waals surface area contributed by atoms with E-state index in [-0.39, 0.29) is 11.3 Å². The molecule has 0 heterocycles. The number of carbonyl (C=O) groups is 1. The highest BCUT2D eigenvalue weighted by Gasteiger charge is 2.35. The Hall–Kier alpha value is -1.72. The maximum Gasteiger partial charge on any atom is 0.419 e. The van der Waals surface area contributed by atoms with Crippen LogP contribution >= 0.6 is 0 Å². The van der Waals surface area contributed by atoms with Gasteiger partial charge in [0.05, 0.1) is 25.3 Å². The summed E-state index contributed by atoms with van der Waals surface area (Å²) in [6.07, 6.45) is -4.57. The predicted octanol–water partition coefficient (Wildman–Crippen LogP) is 2.50. The molecule has 88 valence electrons. The molecule has 0 aromatic heterocycles. The van der Waals surface area contributed by atoms with Crippen LogP contribution in [0, 0.1) is 0 Å². The average Bonchev–Trinajstić information content (AvgIpc) is 2.26. The number of benzene rings is 1. The summed E-state index contributed by atoms with van der Waals surface area (Å²) in [5, 5.41) is 0. The number of methoxy groups -OCH3 is 2. The molecule has 0 N–H and O–H groups in total. The Labute approximate surface area is 89.8 Å². The molecule has 1 aromatic rings. The molecule has 1 aromatic carbocycles. The first-order valence-electron chi connectivity index (χ1n) is 4.23. The molecule has 0 saturated heterocycles. The van der Waals surface area contributed by atoms with E-state index in [1.807, 2.05) is 0 Å². The Kier molecular flexibility index (Phi) is 3.41. The van der Waals surface area contributed by atoms with Crippen LogP contribution in [0.3, 0.4) is 0 Å². The standard InChI is InChI=1S/C10H9F3O3/c1-15-8-4-3-6(9(14)16-2)5-7(8)10(11,12)13/h3-5H,1-2H3. The molecule has 0 bridgehead atoms. The van der Waals surface area contributed by atoms with Crippen LogP contribution in [-0.2, 0) is 10.9 Å². The molecule has 6 heteroatoms. The Balaban J connectivity index is 3.27. The number of rotatable bonds is 2. The van der Waals surface area contributed by atoms with E-state index in [1.165, 1.54) is 6.07 Å². The van der Waals surface area contributed by atoms with Crippen molar-refractivity contribution in [3.8, 4) is 5.75 Å². The molecule has 0 aliphatic carbocycles. The van der Waals surface area contributed by atoms with Crippen LogP contribution in [0.4, 0.5) is 13.2 Å². The van der Waals surface area contributed by atoms with Gasteiger partial charge in [-0.25, -0.2) is 4.79 Å². The molecule has 0 aliphatic heterocycles. The third kappa shape index (κ3) is 2.44. The minimum Gasteiger partial charge on any atom is -0.496 e. The van der Waals surface area contributed by atoms with Crippen molar-refractivity contribution in [3.05, 3.63) is 29.3 Å². The second-order valence-electron chi connectivity index (χ2n) is 2.90. The Morgan fingerprint density at radius 2 is 1.88 bits per heavy atom. The molecule has 0 atom stereocenters. The van der Waals surface area contributed by atoms with Gasteiger partial charge in [0.25, 0.3) is 0 Å². The van der Waals surface area contributed by atoms with Gasteiger partial charge < -0.3 is 9.47 Å². The quantitative estimate of drug-likeness (QED) is 0.737. The monoisotopic (exact) mass is 234 g/mol. The van der Waals surface area contributed by atoms with Crippen LogP contribution in [0.5, 0.6) is 5.75 Å². The number of hydrogen-bond donors (Lipinski definition) is 0. The third-order valence-electron chi connectivity index (χ3n) is 1.93. The number of ether oxygens (including phenoxy) is 2.